The highest BCUT2D eigenvalue weighted by Crippen LogP contribution is 2.44. The molecule has 1 aromatic heterocycles. The molecular formula is C29H21NO. The summed E-state index contributed by atoms with van der Waals surface area (Å²) in [5, 5.41) is 7.48. The summed E-state index contributed by atoms with van der Waals surface area (Å²) in [6.07, 6.45) is 2.31. The number of nitrogens with zero attached hydrogens (tertiary/aromatic N) is 1. The van der Waals surface area contributed by atoms with Gasteiger partial charge in [0.1, 0.15) is 11.2 Å². The molecule has 31 heavy (non-hydrogen) atoms. The third-order valence-corrected chi connectivity index (χ3v) is 6.75. The first-order chi connectivity index (χ1) is 15.4. The number of para-hydroxylation sites is 1. The summed E-state index contributed by atoms with van der Waals surface area (Å²) in [4.78, 5) is 2.50. The predicted molar refractivity (Wildman–Crippen MR) is 131 cm³/mol. The van der Waals surface area contributed by atoms with Gasteiger partial charge in [-0.3, -0.25) is 0 Å². The van der Waals surface area contributed by atoms with Crippen LogP contribution in [-0.2, 0) is 6.42 Å². The largest absolute Gasteiger partial charge is 0.456 e. The first-order valence-corrected chi connectivity index (χ1v) is 11.0. The molecule has 0 saturated heterocycles. The lowest BCUT2D eigenvalue weighted by atomic mass is 9.96. The summed E-state index contributed by atoms with van der Waals surface area (Å²) in [6.45, 7) is 1.03. The Bertz CT molecular complexity index is 1620. The highest BCUT2D eigenvalue weighted by atomic mass is 16.3. The van der Waals surface area contributed by atoms with Gasteiger partial charge in [0.25, 0.3) is 0 Å². The van der Waals surface area contributed by atoms with E-state index in [1.165, 1.54) is 55.7 Å². The average Bonchev–Trinajstić information content (AvgIpc) is 3.23. The van der Waals surface area contributed by atoms with E-state index in [0.717, 1.165) is 24.1 Å². The van der Waals surface area contributed by atoms with Crippen molar-refractivity contribution >= 4 is 54.9 Å². The monoisotopic (exact) mass is 399 g/mol. The molecule has 0 fully saturated rings. The molecule has 0 amide bonds. The van der Waals surface area contributed by atoms with Gasteiger partial charge < -0.3 is 9.32 Å². The van der Waals surface area contributed by atoms with Crippen LogP contribution in [0.25, 0.3) is 43.5 Å². The molecular weight excluding hydrogens is 378 g/mol. The maximum absolute atomic E-state index is 6.36. The molecule has 2 heteroatoms. The molecule has 0 radical (unpaired) electrons. The van der Waals surface area contributed by atoms with E-state index in [1.807, 2.05) is 0 Å². The quantitative estimate of drug-likeness (QED) is 0.279. The Hall–Kier alpha value is -3.78. The van der Waals surface area contributed by atoms with E-state index in [0.29, 0.717) is 0 Å². The van der Waals surface area contributed by atoms with E-state index in [2.05, 4.69) is 95.9 Å². The van der Waals surface area contributed by atoms with Gasteiger partial charge in [-0.1, -0.05) is 66.7 Å². The number of hydrogen-bond donors (Lipinski definition) is 0. The Balaban J connectivity index is 1.65. The van der Waals surface area contributed by atoms with Crippen LogP contribution in [0.15, 0.2) is 95.4 Å². The lowest BCUT2D eigenvalue weighted by molar-refractivity contribution is 0.669. The second-order valence-corrected chi connectivity index (χ2v) is 8.46. The van der Waals surface area contributed by atoms with Crippen LogP contribution in [0.4, 0.5) is 11.4 Å². The van der Waals surface area contributed by atoms with E-state index in [-0.39, 0.29) is 0 Å². The maximum Gasteiger partial charge on any atom is 0.136 e. The fraction of sp³-hybridized carbons (Fsp3) is 0.103. The number of benzene rings is 5. The molecule has 0 aliphatic carbocycles. The first-order valence-electron chi connectivity index (χ1n) is 11.0. The fourth-order valence-electron chi connectivity index (χ4n) is 5.40. The summed E-state index contributed by atoms with van der Waals surface area (Å²) in [5.74, 6) is 0. The van der Waals surface area contributed by atoms with Crippen molar-refractivity contribution in [2.45, 2.75) is 12.8 Å². The Kier molecular flexibility index (Phi) is 3.48. The molecule has 0 saturated carbocycles. The number of aryl methyl sites for hydroxylation is 1. The Morgan fingerprint density at radius 1 is 0.581 bits per heavy atom. The maximum atomic E-state index is 6.36. The van der Waals surface area contributed by atoms with Crippen LogP contribution in [0, 0.1) is 0 Å². The summed E-state index contributed by atoms with van der Waals surface area (Å²) in [7, 11) is 0. The van der Waals surface area contributed by atoms with Gasteiger partial charge in [-0.25, -0.2) is 0 Å². The smallest absolute Gasteiger partial charge is 0.136 e. The molecule has 0 atom stereocenters. The number of furan rings is 1. The van der Waals surface area contributed by atoms with E-state index < -0.39 is 0 Å². The molecule has 1 aliphatic heterocycles. The summed E-state index contributed by atoms with van der Waals surface area (Å²) >= 11 is 0. The van der Waals surface area contributed by atoms with Crippen molar-refractivity contribution in [2.75, 3.05) is 11.4 Å². The van der Waals surface area contributed by atoms with Gasteiger partial charge in [-0.2, -0.15) is 0 Å². The van der Waals surface area contributed by atoms with Gasteiger partial charge >= 0.3 is 0 Å². The van der Waals surface area contributed by atoms with Gasteiger partial charge in [0.2, 0.25) is 0 Å². The number of fused-ring (bicyclic) bond motifs is 8. The molecule has 2 nitrogen and oxygen atoms in total. The van der Waals surface area contributed by atoms with E-state index in [1.54, 1.807) is 0 Å². The molecule has 0 N–H and O–H groups in total. The van der Waals surface area contributed by atoms with Crippen LogP contribution in [0.1, 0.15) is 12.0 Å². The van der Waals surface area contributed by atoms with Gasteiger partial charge in [0.05, 0.1) is 0 Å². The molecule has 0 spiro atoms. The van der Waals surface area contributed by atoms with Crippen molar-refractivity contribution in [2.24, 2.45) is 0 Å². The second kappa shape index (κ2) is 6.36. The third kappa shape index (κ3) is 2.39. The molecule has 6 aromatic rings. The van der Waals surface area contributed by atoms with Crippen LogP contribution in [0.5, 0.6) is 0 Å². The Morgan fingerprint density at radius 3 is 2.29 bits per heavy atom. The van der Waals surface area contributed by atoms with Crippen molar-refractivity contribution in [3.63, 3.8) is 0 Å². The first kappa shape index (κ1) is 17.0. The Morgan fingerprint density at radius 2 is 1.32 bits per heavy atom. The van der Waals surface area contributed by atoms with Crippen molar-refractivity contribution in [1.82, 2.24) is 0 Å². The standard InChI is InChI=1S/C29H21NO/c1-3-11-22-19(7-1)14-16-25-28(22)29-26(31-25)17-15-21-9-5-13-24(27(21)29)30-18-6-10-20-8-2-4-12-23(20)30/h1-5,7-9,11-17H,6,10,18H2. The van der Waals surface area contributed by atoms with Crippen LogP contribution in [0.3, 0.4) is 0 Å². The van der Waals surface area contributed by atoms with Crippen molar-refractivity contribution in [3.8, 4) is 0 Å². The van der Waals surface area contributed by atoms with Crippen molar-refractivity contribution < 1.29 is 4.42 Å². The lowest BCUT2D eigenvalue weighted by Gasteiger charge is -2.32. The fourth-order valence-corrected chi connectivity index (χ4v) is 5.40. The number of hydrogen-bond acceptors (Lipinski definition) is 2. The van der Waals surface area contributed by atoms with Crippen LogP contribution < -0.4 is 4.90 Å². The highest BCUT2D eigenvalue weighted by molar-refractivity contribution is 6.28. The van der Waals surface area contributed by atoms with Gasteiger partial charge in [-0.15, -0.1) is 0 Å². The zero-order chi connectivity index (χ0) is 20.4. The zero-order valence-corrected chi connectivity index (χ0v) is 17.1. The summed E-state index contributed by atoms with van der Waals surface area (Å²) < 4.78 is 6.36. The molecule has 5 aromatic carbocycles. The van der Waals surface area contributed by atoms with Gasteiger partial charge in [-0.05, 0) is 58.8 Å². The predicted octanol–water partition coefficient (Wildman–Crippen LogP) is 7.98. The molecule has 7 rings (SSSR count). The second-order valence-electron chi connectivity index (χ2n) is 8.46. The van der Waals surface area contributed by atoms with E-state index >= 15 is 0 Å². The molecule has 148 valence electrons. The van der Waals surface area contributed by atoms with E-state index in [9.17, 15) is 0 Å². The van der Waals surface area contributed by atoms with Crippen LogP contribution >= 0.6 is 0 Å². The number of anilines is 2. The minimum absolute atomic E-state index is 0.954. The minimum atomic E-state index is 0.954. The number of rotatable bonds is 1. The molecule has 1 aliphatic rings. The van der Waals surface area contributed by atoms with Gasteiger partial charge in [0, 0.05) is 34.1 Å². The van der Waals surface area contributed by atoms with Crippen molar-refractivity contribution in [1.29, 1.82) is 0 Å². The zero-order valence-electron chi connectivity index (χ0n) is 17.1. The minimum Gasteiger partial charge on any atom is -0.456 e. The molecule has 0 bridgehead atoms. The molecule has 0 unspecified atom stereocenters. The third-order valence-electron chi connectivity index (χ3n) is 6.75. The van der Waals surface area contributed by atoms with Crippen LogP contribution in [0.2, 0.25) is 0 Å². The van der Waals surface area contributed by atoms with E-state index in [4.69, 9.17) is 4.42 Å². The molecule has 2 heterocycles. The average molecular weight is 399 g/mol. The summed E-state index contributed by atoms with van der Waals surface area (Å²) in [6, 6.07) is 32.7. The Labute approximate surface area is 180 Å². The van der Waals surface area contributed by atoms with Gasteiger partial charge in [0.15, 0.2) is 0 Å². The van der Waals surface area contributed by atoms with Crippen molar-refractivity contribution in [3.05, 3.63) is 96.6 Å². The van der Waals surface area contributed by atoms with Crippen LogP contribution in [-0.4, -0.2) is 6.54 Å². The summed E-state index contributed by atoms with van der Waals surface area (Å²) in [5.41, 5.74) is 5.94. The normalized spacial score (nSPS) is 14.0. The SMILES string of the molecule is c1ccc2c(c1)CCCN2c1cccc2ccc3oc4ccc5ccccc5c4c3c12. The highest BCUT2D eigenvalue weighted by Gasteiger charge is 2.22. The lowest BCUT2D eigenvalue weighted by Crippen LogP contribution is -2.24. The topological polar surface area (TPSA) is 16.4 Å².